The topological polar surface area (TPSA) is 41.6 Å². The van der Waals surface area contributed by atoms with E-state index in [0.29, 0.717) is 10.8 Å². The average Bonchev–Trinajstić information content (AvgIpc) is 2.47. The van der Waals surface area contributed by atoms with Gasteiger partial charge in [0.15, 0.2) is 6.61 Å². The lowest BCUT2D eigenvalue weighted by atomic mass is 10.1. The van der Waals surface area contributed by atoms with Crippen LogP contribution in [-0.4, -0.2) is 43.1 Å². The minimum atomic E-state index is -0.0562. The van der Waals surface area contributed by atoms with Gasteiger partial charge in [0.1, 0.15) is 5.75 Å². The van der Waals surface area contributed by atoms with Gasteiger partial charge in [-0.2, -0.15) is 0 Å². The van der Waals surface area contributed by atoms with Gasteiger partial charge in [-0.25, -0.2) is 0 Å². The number of ether oxygens (including phenoxy) is 1. The van der Waals surface area contributed by atoms with Crippen LogP contribution in [0.15, 0.2) is 18.2 Å². The van der Waals surface area contributed by atoms with E-state index in [0.717, 1.165) is 38.0 Å². The normalized spacial score (nSPS) is 16.7. The van der Waals surface area contributed by atoms with Crippen molar-refractivity contribution in [3.05, 3.63) is 28.8 Å². The molecule has 1 aromatic rings. The minimum absolute atomic E-state index is 0.0520. The number of hydrogen-bond donors (Lipinski definition) is 1. The number of nitrogens with one attached hydrogen (secondary N) is 1. The molecule has 4 nitrogen and oxygen atoms in total. The molecule has 0 atom stereocenters. The summed E-state index contributed by atoms with van der Waals surface area (Å²) in [6.07, 6.45) is 2.03. The van der Waals surface area contributed by atoms with Gasteiger partial charge in [0.25, 0.3) is 5.91 Å². The smallest absolute Gasteiger partial charge is 0.258 e. The molecule has 1 aromatic carbocycles. The van der Waals surface area contributed by atoms with Gasteiger partial charge in [-0.05, 0) is 50.1 Å². The standard InChI is InChI=1S/C16H23ClN2O2/c1-3-19-8-6-14(7-9-19)18-16(20)11-21-15-5-4-13(17)10-12(15)2/h4-5,10,14H,3,6-9,11H2,1-2H3,(H,18,20). The first kappa shape index (κ1) is 16.1. The lowest BCUT2D eigenvalue weighted by Gasteiger charge is -2.31. The molecule has 0 aromatic heterocycles. The van der Waals surface area contributed by atoms with Gasteiger partial charge < -0.3 is 15.0 Å². The van der Waals surface area contributed by atoms with E-state index in [-0.39, 0.29) is 18.6 Å². The van der Waals surface area contributed by atoms with Gasteiger partial charge in [0, 0.05) is 24.2 Å². The van der Waals surface area contributed by atoms with Crippen LogP contribution in [0.3, 0.4) is 0 Å². The van der Waals surface area contributed by atoms with E-state index in [1.807, 2.05) is 13.0 Å². The first-order valence-corrected chi connectivity index (χ1v) is 7.87. The molecule has 21 heavy (non-hydrogen) atoms. The zero-order valence-corrected chi connectivity index (χ0v) is 13.4. The van der Waals surface area contributed by atoms with Crippen LogP contribution >= 0.6 is 11.6 Å². The molecule has 1 N–H and O–H groups in total. The van der Waals surface area contributed by atoms with Crippen molar-refractivity contribution in [3.63, 3.8) is 0 Å². The predicted octanol–water partition coefficient (Wildman–Crippen LogP) is 2.63. The number of carbonyl (C=O) groups is 1. The molecule has 0 aliphatic carbocycles. The molecule has 0 unspecified atom stereocenters. The van der Waals surface area contributed by atoms with Crippen LogP contribution in [-0.2, 0) is 4.79 Å². The molecule has 1 aliphatic heterocycles. The number of likely N-dealkylation sites (tertiary alicyclic amines) is 1. The van der Waals surface area contributed by atoms with Crippen molar-refractivity contribution >= 4 is 17.5 Å². The highest BCUT2D eigenvalue weighted by atomic mass is 35.5. The lowest BCUT2D eigenvalue weighted by molar-refractivity contribution is -0.124. The third-order valence-electron chi connectivity index (χ3n) is 3.90. The monoisotopic (exact) mass is 310 g/mol. The molecule has 1 aliphatic rings. The van der Waals surface area contributed by atoms with E-state index in [9.17, 15) is 4.79 Å². The van der Waals surface area contributed by atoms with E-state index in [1.54, 1.807) is 12.1 Å². The summed E-state index contributed by atoms with van der Waals surface area (Å²) in [5.74, 6) is 0.648. The fourth-order valence-corrected chi connectivity index (χ4v) is 2.81. The fraction of sp³-hybridized carbons (Fsp3) is 0.562. The molecule has 1 saturated heterocycles. The Labute approximate surface area is 131 Å². The van der Waals surface area contributed by atoms with Gasteiger partial charge in [0.05, 0.1) is 0 Å². The molecular weight excluding hydrogens is 288 g/mol. The van der Waals surface area contributed by atoms with Crippen molar-refractivity contribution in [3.8, 4) is 5.75 Å². The largest absolute Gasteiger partial charge is 0.484 e. The Hall–Kier alpha value is -1.26. The second-order valence-electron chi connectivity index (χ2n) is 5.47. The minimum Gasteiger partial charge on any atom is -0.484 e. The van der Waals surface area contributed by atoms with Gasteiger partial charge >= 0.3 is 0 Å². The molecular formula is C16H23ClN2O2. The van der Waals surface area contributed by atoms with Crippen molar-refractivity contribution in [2.75, 3.05) is 26.2 Å². The molecule has 0 saturated carbocycles. The Morgan fingerprint density at radius 3 is 2.76 bits per heavy atom. The van der Waals surface area contributed by atoms with Crippen LogP contribution < -0.4 is 10.1 Å². The Morgan fingerprint density at radius 2 is 2.14 bits per heavy atom. The van der Waals surface area contributed by atoms with Crippen LogP contribution in [0.2, 0.25) is 5.02 Å². The van der Waals surface area contributed by atoms with Crippen LogP contribution in [0.5, 0.6) is 5.75 Å². The number of carbonyl (C=O) groups excluding carboxylic acids is 1. The molecule has 116 valence electrons. The summed E-state index contributed by atoms with van der Waals surface area (Å²) in [5.41, 5.74) is 0.937. The van der Waals surface area contributed by atoms with Crippen LogP contribution in [0.1, 0.15) is 25.3 Å². The van der Waals surface area contributed by atoms with Crippen LogP contribution in [0.25, 0.3) is 0 Å². The summed E-state index contributed by atoms with van der Waals surface area (Å²) in [6.45, 7) is 7.33. The Bertz CT molecular complexity index is 485. The Morgan fingerprint density at radius 1 is 1.43 bits per heavy atom. The van der Waals surface area contributed by atoms with E-state index in [2.05, 4.69) is 17.1 Å². The van der Waals surface area contributed by atoms with E-state index < -0.39 is 0 Å². The SMILES string of the molecule is CCN1CCC(NC(=O)COc2ccc(Cl)cc2C)CC1. The number of amides is 1. The summed E-state index contributed by atoms with van der Waals surface area (Å²) in [5, 5.41) is 3.72. The Balaban J connectivity index is 1.75. The third-order valence-corrected chi connectivity index (χ3v) is 4.13. The van der Waals surface area contributed by atoms with Gasteiger partial charge in [-0.1, -0.05) is 18.5 Å². The van der Waals surface area contributed by atoms with E-state index in [4.69, 9.17) is 16.3 Å². The third kappa shape index (κ3) is 4.90. The molecule has 5 heteroatoms. The van der Waals surface area contributed by atoms with E-state index in [1.165, 1.54) is 0 Å². The number of piperidine rings is 1. The van der Waals surface area contributed by atoms with Crippen molar-refractivity contribution in [2.45, 2.75) is 32.7 Å². The zero-order valence-electron chi connectivity index (χ0n) is 12.7. The quantitative estimate of drug-likeness (QED) is 0.909. The molecule has 0 radical (unpaired) electrons. The highest BCUT2D eigenvalue weighted by molar-refractivity contribution is 6.30. The highest BCUT2D eigenvalue weighted by Crippen LogP contribution is 2.21. The predicted molar refractivity (Wildman–Crippen MR) is 85.0 cm³/mol. The average molecular weight is 311 g/mol. The maximum atomic E-state index is 11.9. The van der Waals surface area contributed by atoms with Crippen molar-refractivity contribution in [2.24, 2.45) is 0 Å². The number of aryl methyl sites for hydroxylation is 1. The molecule has 0 spiro atoms. The first-order valence-electron chi connectivity index (χ1n) is 7.49. The maximum absolute atomic E-state index is 11.9. The lowest BCUT2D eigenvalue weighted by Crippen LogP contribution is -2.45. The van der Waals surface area contributed by atoms with Crippen molar-refractivity contribution in [1.82, 2.24) is 10.2 Å². The van der Waals surface area contributed by atoms with Gasteiger partial charge in [-0.3, -0.25) is 4.79 Å². The fourth-order valence-electron chi connectivity index (χ4n) is 2.58. The van der Waals surface area contributed by atoms with Crippen LogP contribution in [0, 0.1) is 6.92 Å². The number of rotatable bonds is 5. The van der Waals surface area contributed by atoms with E-state index >= 15 is 0 Å². The summed E-state index contributed by atoms with van der Waals surface area (Å²) >= 11 is 5.89. The molecule has 1 amide bonds. The molecule has 2 rings (SSSR count). The van der Waals surface area contributed by atoms with Crippen LogP contribution in [0.4, 0.5) is 0 Å². The summed E-state index contributed by atoms with van der Waals surface area (Å²) in [6, 6.07) is 5.66. The van der Waals surface area contributed by atoms with Gasteiger partial charge in [0.2, 0.25) is 0 Å². The summed E-state index contributed by atoms with van der Waals surface area (Å²) < 4.78 is 5.56. The number of benzene rings is 1. The van der Waals surface area contributed by atoms with Crippen molar-refractivity contribution < 1.29 is 9.53 Å². The summed E-state index contributed by atoms with van der Waals surface area (Å²) in [7, 11) is 0. The van der Waals surface area contributed by atoms with Crippen molar-refractivity contribution in [1.29, 1.82) is 0 Å². The zero-order chi connectivity index (χ0) is 15.2. The highest BCUT2D eigenvalue weighted by Gasteiger charge is 2.19. The summed E-state index contributed by atoms with van der Waals surface area (Å²) in [4.78, 5) is 14.3. The Kier molecular flexibility index (Phi) is 5.88. The first-order chi connectivity index (χ1) is 10.1. The molecule has 1 fully saturated rings. The number of nitrogens with zero attached hydrogens (tertiary/aromatic N) is 1. The maximum Gasteiger partial charge on any atom is 0.258 e. The van der Waals surface area contributed by atoms with Gasteiger partial charge in [-0.15, -0.1) is 0 Å². The number of halogens is 1. The number of hydrogen-bond acceptors (Lipinski definition) is 3. The molecule has 1 heterocycles. The second kappa shape index (κ2) is 7.66. The second-order valence-corrected chi connectivity index (χ2v) is 5.91. The molecule has 0 bridgehead atoms.